The van der Waals surface area contributed by atoms with Crippen molar-refractivity contribution in [1.29, 1.82) is 0 Å². The van der Waals surface area contributed by atoms with E-state index in [1.807, 2.05) is 6.07 Å². The van der Waals surface area contributed by atoms with E-state index in [2.05, 4.69) is 74.3 Å². The molecule has 0 aliphatic carbocycles. The third-order valence-electron chi connectivity index (χ3n) is 3.51. The first-order valence-electron chi connectivity index (χ1n) is 6.67. The monoisotopic (exact) mass is 301 g/mol. The van der Waals surface area contributed by atoms with Crippen molar-refractivity contribution in [2.45, 2.75) is 26.3 Å². The quantitative estimate of drug-likeness (QED) is 0.641. The van der Waals surface area contributed by atoms with Gasteiger partial charge in [-0.1, -0.05) is 60.7 Å². The largest absolute Gasteiger partial charge is 0.364 e. The number of thiol groups is 1. The molecule has 20 heavy (non-hydrogen) atoms. The van der Waals surface area contributed by atoms with Gasteiger partial charge >= 0.3 is 0 Å². The molecular formula is C17H19NS2. The highest BCUT2D eigenvalue weighted by atomic mass is 32.1. The minimum Gasteiger partial charge on any atom is -0.364 e. The second kappa shape index (κ2) is 6.91. The van der Waals surface area contributed by atoms with Gasteiger partial charge in [-0.05, 0) is 42.5 Å². The molecule has 3 heteroatoms. The van der Waals surface area contributed by atoms with Gasteiger partial charge in [0.2, 0.25) is 0 Å². The maximum absolute atomic E-state index is 5.10. The van der Waals surface area contributed by atoms with Crippen LogP contribution in [0.25, 0.3) is 0 Å². The van der Waals surface area contributed by atoms with Crippen LogP contribution < -0.4 is 5.32 Å². The van der Waals surface area contributed by atoms with E-state index in [4.69, 9.17) is 12.2 Å². The summed E-state index contributed by atoms with van der Waals surface area (Å²) in [5, 5.41) is 3.29. The third kappa shape index (κ3) is 4.09. The molecule has 1 N–H and O–H groups in total. The molecule has 0 aliphatic rings. The van der Waals surface area contributed by atoms with Gasteiger partial charge < -0.3 is 5.32 Å². The van der Waals surface area contributed by atoms with Crippen molar-refractivity contribution in [2.75, 3.05) is 0 Å². The highest BCUT2D eigenvalue weighted by Crippen LogP contribution is 2.21. The lowest BCUT2D eigenvalue weighted by molar-refractivity contribution is 0.652. The Morgan fingerprint density at radius 2 is 1.80 bits per heavy atom. The molecule has 0 saturated heterocycles. The van der Waals surface area contributed by atoms with Gasteiger partial charge in [-0.2, -0.15) is 0 Å². The summed E-state index contributed by atoms with van der Waals surface area (Å²) in [5.74, 6) is 0. The summed E-state index contributed by atoms with van der Waals surface area (Å²) in [6.45, 7) is 4.26. The first kappa shape index (κ1) is 15.1. The lowest BCUT2D eigenvalue weighted by atomic mass is 9.96. The van der Waals surface area contributed by atoms with Crippen molar-refractivity contribution in [1.82, 2.24) is 5.32 Å². The van der Waals surface area contributed by atoms with Gasteiger partial charge in [0.1, 0.15) is 4.32 Å². The maximum Gasteiger partial charge on any atom is 0.131 e. The molecule has 0 bridgehead atoms. The van der Waals surface area contributed by atoms with Crippen molar-refractivity contribution >= 4 is 29.2 Å². The van der Waals surface area contributed by atoms with Crippen LogP contribution in [0.2, 0.25) is 0 Å². The molecule has 0 aliphatic heterocycles. The second-order valence-electron chi connectivity index (χ2n) is 5.04. The van der Waals surface area contributed by atoms with Crippen LogP contribution in [0.3, 0.4) is 0 Å². The predicted molar refractivity (Wildman–Crippen MR) is 93.5 cm³/mol. The fourth-order valence-electron chi connectivity index (χ4n) is 2.23. The molecule has 1 unspecified atom stereocenters. The van der Waals surface area contributed by atoms with E-state index in [0.29, 0.717) is 4.32 Å². The smallest absolute Gasteiger partial charge is 0.131 e. The molecule has 2 rings (SSSR count). The molecule has 0 spiro atoms. The Hall–Kier alpha value is -1.32. The molecule has 1 atom stereocenters. The van der Waals surface area contributed by atoms with Crippen molar-refractivity contribution in [2.24, 2.45) is 0 Å². The van der Waals surface area contributed by atoms with Gasteiger partial charge in [-0.15, -0.1) is 12.6 Å². The molecule has 2 aromatic rings. The average Bonchev–Trinajstić information content (AvgIpc) is 2.42. The maximum atomic E-state index is 5.10. The number of thiocarbonyl (C=S) groups is 1. The summed E-state index contributed by atoms with van der Waals surface area (Å²) < 4.78 is 0.532. The van der Waals surface area contributed by atoms with Crippen LogP contribution in [0.5, 0.6) is 0 Å². The Kier molecular flexibility index (Phi) is 5.21. The van der Waals surface area contributed by atoms with E-state index in [-0.39, 0.29) is 6.04 Å². The number of hydrogen-bond acceptors (Lipinski definition) is 1. The van der Waals surface area contributed by atoms with Crippen molar-refractivity contribution < 1.29 is 0 Å². The standard InChI is InChI=1S/C17H19NS2/c1-12-8-9-15(10-13(12)2)16(18-17(19)20)11-14-6-4-3-5-7-14/h3-10,16H,11H2,1-2H3,(H2,18,19,20). The number of aryl methyl sites for hydroxylation is 2. The van der Waals surface area contributed by atoms with E-state index in [9.17, 15) is 0 Å². The number of rotatable bonds is 4. The van der Waals surface area contributed by atoms with E-state index >= 15 is 0 Å². The van der Waals surface area contributed by atoms with Crippen molar-refractivity contribution in [3.05, 3.63) is 70.8 Å². The Morgan fingerprint density at radius 3 is 2.40 bits per heavy atom. The van der Waals surface area contributed by atoms with Gasteiger partial charge in [0, 0.05) is 0 Å². The van der Waals surface area contributed by atoms with Gasteiger partial charge in [0.05, 0.1) is 6.04 Å². The highest BCUT2D eigenvalue weighted by Gasteiger charge is 2.13. The first-order valence-corrected chi connectivity index (χ1v) is 7.52. The van der Waals surface area contributed by atoms with Crippen LogP contribution in [-0.2, 0) is 6.42 Å². The highest BCUT2D eigenvalue weighted by molar-refractivity contribution is 8.11. The summed E-state index contributed by atoms with van der Waals surface area (Å²) in [5.41, 5.74) is 5.13. The normalized spacial score (nSPS) is 11.9. The fourth-order valence-corrected chi connectivity index (χ4v) is 2.53. The molecule has 104 valence electrons. The lowest BCUT2D eigenvalue weighted by Crippen LogP contribution is -2.25. The van der Waals surface area contributed by atoms with E-state index in [1.54, 1.807) is 0 Å². The zero-order chi connectivity index (χ0) is 14.5. The molecule has 0 saturated carbocycles. The topological polar surface area (TPSA) is 12.0 Å². The Morgan fingerprint density at radius 1 is 1.10 bits per heavy atom. The summed E-state index contributed by atoms with van der Waals surface area (Å²) in [7, 11) is 0. The van der Waals surface area contributed by atoms with Crippen LogP contribution >= 0.6 is 24.8 Å². The van der Waals surface area contributed by atoms with Crippen LogP contribution in [0.1, 0.15) is 28.3 Å². The molecule has 0 heterocycles. The minimum atomic E-state index is 0.154. The summed E-state index contributed by atoms with van der Waals surface area (Å²) in [6, 6.07) is 17.1. The SMILES string of the molecule is Cc1ccc(C(Cc2ccccc2)NC(=S)S)cc1C. The van der Waals surface area contributed by atoms with E-state index < -0.39 is 0 Å². The molecule has 2 aromatic carbocycles. The average molecular weight is 301 g/mol. The van der Waals surface area contributed by atoms with Crippen LogP contribution in [-0.4, -0.2) is 4.32 Å². The summed E-state index contributed by atoms with van der Waals surface area (Å²) >= 11 is 9.32. The molecule has 1 nitrogen and oxygen atoms in total. The fraction of sp³-hybridized carbons (Fsp3) is 0.235. The zero-order valence-electron chi connectivity index (χ0n) is 11.8. The third-order valence-corrected chi connectivity index (χ3v) is 3.76. The first-order chi connectivity index (χ1) is 9.56. The summed E-state index contributed by atoms with van der Waals surface area (Å²) in [6.07, 6.45) is 0.893. The molecule has 0 fully saturated rings. The Bertz CT molecular complexity index is 593. The second-order valence-corrected chi connectivity index (χ2v) is 6.19. The predicted octanol–water partition coefficient (Wildman–Crippen LogP) is 4.39. The number of nitrogens with one attached hydrogen (secondary N) is 1. The Labute approximate surface area is 131 Å². The summed E-state index contributed by atoms with van der Waals surface area (Å²) in [4.78, 5) is 0. The lowest BCUT2D eigenvalue weighted by Gasteiger charge is -2.20. The van der Waals surface area contributed by atoms with E-state index in [1.165, 1.54) is 22.3 Å². The van der Waals surface area contributed by atoms with Crippen molar-refractivity contribution in [3.63, 3.8) is 0 Å². The van der Waals surface area contributed by atoms with Crippen LogP contribution in [0.15, 0.2) is 48.5 Å². The number of hydrogen-bond donors (Lipinski definition) is 2. The minimum absolute atomic E-state index is 0.154. The van der Waals surface area contributed by atoms with Crippen LogP contribution in [0, 0.1) is 13.8 Å². The molecule has 0 aromatic heterocycles. The Balaban J connectivity index is 2.27. The van der Waals surface area contributed by atoms with Crippen molar-refractivity contribution in [3.8, 4) is 0 Å². The van der Waals surface area contributed by atoms with Gasteiger partial charge in [0.15, 0.2) is 0 Å². The molecular weight excluding hydrogens is 282 g/mol. The van der Waals surface area contributed by atoms with Gasteiger partial charge in [0.25, 0.3) is 0 Å². The molecule has 0 radical (unpaired) electrons. The van der Waals surface area contributed by atoms with Gasteiger partial charge in [-0.25, -0.2) is 0 Å². The van der Waals surface area contributed by atoms with Gasteiger partial charge in [-0.3, -0.25) is 0 Å². The molecule has 0 amide bonds. The zero-order valence-corrected chi connectivity index (χ0v) is 13.5. The number of benzene rings is 2. The van der Waals surface area contributed by atoms with E-state index in [0.717, 1.165) is 6.42 Å². The van der Waals surface area contributed by atoms with Crippen LogP contribution in [0.4, 0.5) is 0 Å².